The van der Waals surface area contributed by atoms with E-state index in [0.717, 1.165) is 6.54 Å². The van der Waals surface area contributed by atoms with E-state index in [-0.39, 0.29) is 0 Å². The summed E-state index contributed by atoms with van der Waals surface area (Å²) in [5, 5.41) is 0. The van der Waals surface area contributed by atoms with Crippen molar-refractivity contribution in [3.63, 3.8) is 0 Å². The molecule has 1 heteroatoms. The van der Waals surface area contributed by atoms with E-state index in [0.29, 0.717) is 0 Å². The molecule has 0 atom stereocenters. The Labute approximate surface area is 320 Å². The number of unbranched alkanes of at least 4 members (excludes halogenated alkanes) is 32. The van der Waals surface area contributed by atoms with Crippen LogP contribution in [0.4, 0.5) is 0 Å². The second-order valence-corrected chi connectivity index (χ2v) is 16.5. The van der Waals surface area contributed by atoms with E-state index in [1.165, 1.54) is 237 Å². The van der Waals surface area contributed by atoms with Crippen molar-refractivity contribution in [3.8, 4) is 0 Å². The molecule has 1 aromatic carbocycles. The molecule has 0 amide bonds. The van der Waals surface area contributed by atoms with E-state index in [1.807, 2.05) is 0 Å². The quantitative estimate of drug-likeness (QED) is 0.0484. The molecule has 51 heavy (non-hydrogen) atoms. The van der Waals surface area contributed by atoms with Gasteiger partial charge in [-0.2, -0.15) is 0 Å². The van der Waals surface area contributed by atoms with Crippen LogP contribution in [0.1, 0.15) is 249 Å². The fourth-order valence-electron chi connectivity index (χ4n) is 8.04. The molecule has 2 rings (SSSR count). The van der Waals surface area contributed by atoms with Gasteiger partial charge in [-0.3, -0.25) is 0 Å². The van der Waals surface area contributed by atoms with Crippen LogP contribution in [0.2, 0.25) is 0 Å². The van der Waals surface area contributed by atoms with Crippen LogP contribution < -0.4 is 4.57 Å². The van der Waals surface area contributed by atoms with Crippen LogP contribution in [-0.2, 0) is 19.4 Å². The minimum Gasteiger partial charge on any atom is -0.200 e. The normalized spacial score (nSPS) is 11.5. The van der Waals surface area contributed by atoms with Gasteiger partial charge in [-0.15, -0.1) is 0 Å². The smallest absolute Gasteiger partial charge is 0.173 e. The minimum atomic E-state index is 0.986. The number of aryl methyl sites for hydroxylation is 2. The van der Waals surface area contributed by atoms with Crippen LogP contribution >= 0.6 is 0 Å². The zero-order chi connectivity index (χ0) is 36.1. The lowest BCUT2D eigenvalue weighted by Gasteiger charge is -2.07. The highest BCUT2D eigenvalue weighted by Gasteiger charge is 2.09. The molecule has 0 bridgehead atoms. The van der Waals surface area contributed by atoms with Gasteiger partial charge in [-0.25, -0.2) is 4.57 Å². The molecule has 0 aliphatic rings. The van der Waals surface area contributed by atoms with Gasteiger partial charge in [0.05, 0.1) is 0 Å². The molecule has 0 saturated carbocycles. The van der Waals surface area contributed by atoms with E-state index in [2.05, 4.69) is 67.2 Å². The third-order valence-electron chi connectivity index (χ3n) is 11.4. The topological polar surface area (TPSA) is 3.88 Å². The number of nitrogens with zero attached hydrogens (tertiary/aromatic N) is 1. The molecule has 1 aromatic heterocycles. The van der Waals surface area contributed by atoms with Gasteiger partial charge in [0.15, 0.2) is 18.9 Å². The molecule has 0 saturated heterocycles. The Morgan fingerprint density at radius 1 is 0.314 bits per heavy atom. The van der Waals surface area contributed by atoms with Crippen LogP contribution in [0.15, 0.2) is 48.8 Å². The molecule has 1 nitrogen and oxygen atoms in total. The molecular weight excluding hydrogens is 615 g/mol. The lowest BCUT2D eigenvalue weighted by atomic mass is 10.0. The van der Waals surface area contributed by atoms with Gasteiger partial charge in [0.1, 0.15) is 0 Å². The summed E-state index contributed by atoms with van der Waals surface area (Å²) in [6, 6.07) is 13.6. The number of aromatic nitrogens is 1. The highest BCUT2D eigenvalue weighted by atomic mass is 14.9. The van der Waals surface area contributed by atoms with E-state index in [4.69, 9.17) is 0 Å². The molecule has 0 radical (unpaired) electrons. The van der Waals surface area contributed by atoms with Gasteiger partial charge < -0.3 is 0 Å². The van der Waals surface area contributed by atoms with Crippen molar-refractivity contribution >= 4 is 0 Å². The first-order chi connectivity index (χ1) is 25.3. The molecule has 0 fully saturated rings. The maximum Gasteiger partial charge on any atom is 0.173 e. The van der Waals surface area contributed by atoms with Crippen molar-refractivity contribution in [2.24, 2.45) is 0 Å². The average molecular weight is 703 g/mol. The van der Waals surface area contributed by atoms with Gasteiger partial charge >= 0.3 is 0 Å². The van der Waals surface area contributed by atoms with Gasteiger partial charge in [0.25, 0.3) is 0 Å². The SMILES string of the molecule is CCCCCCCCCCCCCCCCCCCc1cc(CCCCCCCCCCCCCCCCCCC)c[n+](Cc2ccccc2)c1. The molecule has 2 aromatic rings. The first-order valence-electron chi connectivity index (χ1n) is 23.4. The second kappa shape index (κ2) is 35.4. The van der Waals surface area contributed by atoms with Crippen molar-refractivity contribution in [3.05, 3.63) is 65.5 Å². The second-order valence-electron chi connectivity index (χ2n) is 16.5. The van der Waals surface area contributed by atoms with Crippen LogP contribution in [0, 0.1) is 0 Å². The van der Waals surface area contributed by atoms with E-state index in [9.17, 15) is 0 Å². The van der Waals surface area contributed by atoms with Crippen molar-refractivity contribution in [1.29, 1.82) is 0 Å². The Morgan fingerprint density at radius 2 is 0.588 bits per heavy atom. The molecule has 0 aliphatic heterocycles. The summed E-state index contributed by atoms with van der Waals surface area (Å²) >= 11 is 0. The van der Waals surface area contributed by atoms with Crippen molar-refractivity contribution in [1.82, 2.24) is 0 Å². The zero-order valence-corrected chi connectivity index (χ0v) is 34.7. The Balaban J connectivity index is 1.52. The average Bonchev–Trinajstić information content (AvgIpc) is 3.14. The van der Waals surface area contributed by atoms with Gasteiger partial charge in [0, 0.05) is 16.7 Å². The summed E-state index contributed by atoms with van der Waals surface area (Å²) in [7, 11) is 0. The molecular formula is C50H88N+. The lowest BCUT2D eigenvalue weighted by molar-refractivity contribution is -0.689. The monoisotopic (exact) mass is 703 g/mol. The fourth-order valence-corrected chi connectivity index (χ4v) is 8.04. The molecule has 292 valence electrons. The summed E-state index contributed by atoms with van der Waals surface area (Å²) in [5.41, 5.74) is 4.51. The first kappa shape index (κ1) is 45.5. The number of hydrogen-bond acceptors (Lipinski definition) is 0. The van der Waals surface area contributed by atoms with Crippen molar-refractivity contribution in [2.45, 2.75) is 252 Å². The summed E-state index contributed by atoms with van der Waals surface area (Å²) in [6.07, 6.45) is 56.3. The molecule has 1 heterocycles. The molecule has 0 unspecified atom stereocenters. The molecule has 0 spiro atoms. The van der Waals surface area contributed by atoms with Gasteiger partial charge in [0.2, 0.25) is 0 Å². The Bertz CT molecular complexity index is 924. The van der Waals surface area contributed by atoms with Gasteiger partial charge in [-0.05, 0) is 31.7 Å². The van der Waals surface area contributed by atoms with E-state index >= 15 is 0 Å². The first-order valence-corrected chi connectivity index (χ1v) is 23.4. The Kier molecular flexibility index (Phi) is 31.6. The van der Waals surface area contributed by atoms with Crippen LogP contribution in [0.5, 0.6) is 0 Å². The number of benzene rings is 1. The van der Waals surface area contributed by atoms with Crippen molar-refractivity contribution < 1.29 is 4.57 Å². The summed E-state index contributed by atoms with van der Waals surface area (Å²) < 4.78 is 2.47. The largest absolute Gasteiger partial charge is 0.200 e. The van der Waals surface area contributed by atoms with Crippen LogP contribution in [0.3, 0.4) is 0 Å². The van der Waals surface area contributed by atoms with E-state index < -0.39 is 0 Å². The Morgan fingerprint density at radius 3 is 0.882 bits per heavy atom. The highest BCUT2D eigenvalue weighted by Crippen LogP contribution is 2.17. The number of pyridine rings is 1. The van der Waals surface area contributed by atoms with E-state index in [1.54, 1.807) is 11.1 Å². The number of hydrogen-bond donors (Lipinski definition) is 0. The lowest BCUT2D eigenvalue weighted by Crippen LogP contribution is -2.35. The molecule has 0 N–H and O–H groups in total. The maximum atomic E-state index is 2.54. The summed E-state index contributed by atoms with van der Waals surface area (Å²) in [5.74, 6) is 0. The molecule has 0 aliphatic carbocycles. The summed E-state index contributed by atoms with van der Waals surface area (Å²) in [6.45, 7) is 5.61. The van der Waals surface area contributed by atoms with Crippen molar-refractivity contribution in [2.75, 3.05) is 0 Å². The maximum absolute atomic E-state index is 2.54. The Hall–Kier alpha value is -1.63. The van der Waals surface area contributed by atoms with Crippen LogP contribution in [0.25, 0.3) is 0 Å². The third kappa shape index (κ3) is 28.5. The zero-order valence-electron chi connectivity index (χ0n) is 34.7. The van der Waals surface area contributed by atoms with Crippen LogP contribution in [-0.4, -0.2) is 0 Å². The minimum absolute atomic E-state index is 0.986. The van der Waals surface area contributed by atoms with Gasteiger partial charge in [-0.1, -0.05) is 250 Å². The summed E-state index contributed by atoms with van der Waals surface area (Å²) in [4.78, 5) is 0. The predicted octanol–water partition coefficient (Wildman–Crippen LogP) is 16.4. The fraction of sp³-hybridized carbons (Fsp3) is 0.780. The predicted molar refractivity (Wildman–Crippen MR) is 228 cm³/mol. The third-order valence-corrected chi connectivity index (χ3v) is 11.4. The number of rotatable bonds is 38. The standard InChI is InChI=1S/C50H88N/c1-3-5-7-9-11-13-15-17-19-21-23-25-27-29-31-33-36-42-49-44-50(47-51(46-49)45-48-40-38-35-39-41-48)43-37-34-32-30-28-26-24-22-20-18-16-14-12-10-8-6-4-2/h35,38-41,44,46-47H,3-34,36-37,42-43,45H2,1-2H3/q+1. The highest BCUT2D eigenvalue weighted by molar-refractivity contribution is 5.17.